The van der Waals surface area contributed by atoms with Crippen LogP contribution in [0.3, 0.4) is 0 Å². The number of thiazole rings is 1. The van der Waals surface area contributed by atoms with Gasteiger partial charge in [-0.15, -0.1) is 11.3 Å². The summed E-state index contributed by atoms with van der Waals surface area (Å²) in [6, 6.07) is 17.0. The zero-order chi connectivity index (χ0) is 21.1. The molecule has 0 spiro atoms. The van der Waals surface area contributed by atoms with Gasteiger partial charge in [0.1, 0.15) is 0 Å². The Hall–Kier alpha value is -3.19. The third-order valence-electron chi connectivity index (χ3n) is 5.77. The van der Waals surface area contributed by atoms with Crippen molar-refractivity contribution < 1.29 is 14.3 Å². The summed E-state index contributed by atoms with van der Waals surface area (Å²) in [6.07, 6.45) is 1.51. The van der Waals surface area contributed by atoms with Crippen molar-refractivity contribution in [3.8, 4) is 0 Å². The molecule has 7 heteroatoms. The molecule has 4 rings (SSSR count). The van der Waals surface area contributed by atoms with E-state index in [4.69, 9.17) is 10.5 Å². The van der Waals surface area contributed by atoms with Crippen LogP contribution in [-0.4, -0.2) is 42.0 Å². The normalized spacial score (nSPS) is 15.6. The molecule has 1 fully saturated rings. The molecule has 1 aliphatic heterocycles. The van der Waals surface area contributed by atoms with Gasteiger partial charge >= 0.3 is 5.97 Å². The van der Waals surface area contributed by atoms with E-state index in [-0.39, 0.29) is 11.3 Å². The van der Waals surface area contributed by atoms with Gasteiger partial charge < -0.3 is 15.4 Å². The minimum absolute atomic E-state index is 0.0831. The third kappa shape index (κ3) is 3.68. The van der Waals surface area contributed by atoms with Gasteiger partial charge in [-0.2, -0.15) is 0 Å². The zero-order valence-corrected chi connectivity index (χ0v) is 17.5. The highest BCUT2D eigenvalue weighted by atomic mass is 32.1. The number of hydrogen-bond donors (Lipinski definition) is 1. The van der Waals surface area contributed by atoms with Crippen LogP contribution in [0.15, 0.2) is 60.0 Å². The maximum atomic E-state index is 13.1. The minimum atomic E-state index is -0.451. The van der Waals surface area contributed by atoms with E-state index in [9.17, 15) is 9.59 Å². The number of aromatic nitrogens is 1. The number of amides is 1. The topological polar surface area (TPSA) is 85.5 Å². The number of rotatable bonds is 4. The number of esters is 1. The van der Waals surface area contributed by atoms with Crippen LogP contribution in [0, 0.1) is 0 Å². The lowest BCUT2D eigenvalue weighted by Gasteiger charge is -2.41. The Labute approximate surface area is 179 Å². The van der Waals surface area contributed by atoms with Crippen LogP contribution in [0.2, 0.25) is 0 Å². The van der Waals surface area contributed by atoms with Gasteiger partial charge in [0.2, 0.25) is 0 Å². The van der Waals surface area contributed by atoms with E-state index in [1.807, 2.05) is 28.5 Å². The number of benzene rings is 2. The quantitative estimate of drug-likeness (QED) is 0.649. The lowest BCUT2D eigenvalue weighted by atomic mass is 9.70. The molecule has 30 heavy (non-hydrogen) atoms. The Morgan fingerprint density at radius 2 is 1.77 bits per heavy atom. The number of ether oxygens (including phenoxy) is 1. The molecule has 1 aromatic heterocycles. The van der Waals surface area contributed by atoms with E-state index in [1.165, 1.54) is 24.0 Å². The lowest BCUT2D eigenvalue weighted by molar-refractivity contribution is 0.0600. The summed E-state index contributed by atoms with van der Waals surface area (Å²) in [7, 11) is 1.33. The van der Waals surface area contributed by atoms with E-state index in [2.05, 4.69) is 17.1 Å². The van der Waals surface area contributed by atoms with Crippen molar-refractivity contribution in [2.24, 2.45) is 0 Å². The molecule has 0 aliphatic carbocycles. The number of hydrogen-bond acceptors (Lipinski definition) is 6. The largest absolute Gasteiger partial charge is 0.465 e. The average Bonchev–Trinajstić information content (AvgIpc) is 3.25. The predicted molar refractivity (Wildman–Crippen MR) is 117 cm³/mol. The number of nitrogens with two attached hydrogens (primary N) is 1. The minimum Gasteiger partial charge on any atom is -0.465 e. The summed E-state index contributed by atoms with van der Waals surface area (Å²) < 4.78 is 4.76. The highest BCUT2D eigenvalue weighted by Crippen LogP contribution is 2.42. The van der Waals surface area contributed by atoms with E-state index in [0.717, 1.165) is 18.5 Å². The highest BCUT2D eigenvalue weighted by molar-refractivity contribution is 7.13. The number of carbonyl (C=O) groups excluding carboxylic acids is 2. The summed E-state index contributed by atoms with van der Waals surface area (Å²) >= 11 is 1.44. The number of nitrogen functional groups attached to an aromatic ring is 1. The summed E-state index contributed by atoms with van der Waals surface area (Å²) in [4.78, 5) is 31.3. The summed E-state index contributed by atoms with van der Waals surface area (Å²) in [5.41, 5.74) is 8.68. The molecule has 0 saturated carbocycles. The van der Waals surface area contributed by atoms with E-state index in [1.54, 1.807) is 24.3 Å². The first-order valence-electron chi connectivity index (χ1n) is 9.78. The van der Waals surface area contributed by atoms with Crippen molar-refractivity contribution in [2.45, 2.75) is 18.3 Å². The van der Waals surface area contributed by atoms with Crippen molar-refractivity contribution in [2.75, 3.05) is 25.9 Å². The van der Waals surface area contributed by atoms with Gasteiger partial charge in [-0.1, -0.05) is 36.4 Å². The second-order valence-corrected chi connectivity index (χ2v) is 8.27. The fourth-order valence-electron chi connectivity index (χ4n) is 4.13. The van der Waals surface area contributed by atoms with Gasteiger partial charge in [0, 0.05) is 29.4 Å². The molecule has 1 saturated heterocycles. The van der Waals surface area contributed by atoms with Crippen LogP contribution in [-0.2, 0) is 10.2 Å². The van der Waals surface area contributed by atoms with Crippen molar-refractivity contribution >= 4 is 28.3 Å². The number of carbonyl (C=O) groups is 2. The van der Waals surface area contributed by atoms with Gasteiger partial charge in [0.25, 0.3) is 5.91 Å². The van der Waals surface area contributed by atoms with E-state index >= 15 is 0 Å². The first-order valence-corrected chi connectivity index (χ1v) is 10.7. The highest BCUT2D eigenvalue weighted by Gasteiger charge is 2.40. The van der Waals surface area contributed by atoms with E-state index in [0.29, 0.717) is 29.3 Å². The lowest BCUT2D eigenvalue weighted by Crippen LogP contribution is -2.46. The standard InChI is InChI=1S/C23H23N3O3S/c1-29-21(28)17-7-5-6-16(14-17)20(27)26-12-10-23(11-13-26,18-8-3-2-4-9-18)19-15-30-22(24)25-19/h2-9,14-15H,10-13H2,1H3,(H2,24,25). The molecule has 0 bridgehead atoms. The van der Waals surface area contributed by atoms with Crippen molar-refractivity contribution in [1.29, 1.82) is 0 Å². The summed E-state index contributed by atoms with van der Waals surface area (Å²) in [5.74, 6) is -0.535. The maximum Gasteiger partial charge on any atom is 0.337 e. The Bertz CT molecular complexity index is 1060. The Balaban J connectivity index is 1.58. The number of methoxy groups -OCH3 is 1. The van der Waals surface area contributed by atoms with Crippen molar-refractivity contribution in [3.63, 3.8) is 0 Å². The van der Waals surface area contributed by atoms with Crippen LogP contribution in [0.25, 0.3) is 0 Å². The number of likely N-dealkylation sites (tertiary alicyclic amines) is 1. The average molecular weight is 422 g/mol. The van der Waals surface area contributed by atoms with Gasteiger partial charge in [-0.25, -0.2) is 9.78 Å². The molecule has 1 aliphatic rings. The molecule has 2 aromatic carbocycles. The van der Waals surface area contributed by atoms with Gasteiger partial charge in [-0.3, -0.25) is 4.79 Å². The number of nitrogens with zero attached hydrogens (tertiary/aromatic N) is 2. The molecular weight excluding hydrogens is 398 g/mol. The molecule has 2 N–H and O–H groups in total. The SMILES string of the molecule is COC(=O)c1cccc(C(=O)N2CCC(c3ccccc3)(c3csc(N)n3)CC2)c1. The second kappa shape index (κ2) is 8.28. The molecule has 2 heterocycles. The van der Waals surface area contributed by atoms with Crippen LogP contribution in [0.1, 0.15) is 44.8 Å². The van der Waals surface area contributed by atoms with Gasteiger partial charge in [-0.05, 0) is 36.6 Å². The fraction of sp³-hybridized carbons (Fsp3) is 0.261. The molecule has 0 radical (unpaired) electrons. The molecule has 0 atom stereocenters. The predicted octanol–water partition coefficient (Wildman–Crippen LogP) is 3.73. The van der Waals surface area contributed by atoms with E-state index < -0.39 is 5.97 Å². The zero-order valence-electron chi connectivity index (χ0n) is 16.7. The number of piperidine rings is 1. The third-order valence-corrected chi connectivity index (χ3v) is 6.45. The summed E-state index contributed by atoms with van der Waals surface area (Å²) in [5, 5.41) is 2.58. The molecule has 6 nitrogen and oxygen atoms in total. The van der Waals surface area contributed by atoms with Crippen molar-refractivity contribution in [1.82, 2.24) is 9.88 Å². The van der Waals surface area contributed by atoms with Crippen LogP contribution in [0.4, 0.5) is 5.13 Å². The monoisotopic (exact) mass is 421 g/mol. The molecular formula is C23H23N3O3S. The Kier molecular flexibility index (Phi) is 5.55. The summed E-state index contributed by atoms with van der Waals surface area (Å²) in [6.45, 7) is 1.18. The molecule has 3 aromatic rings. The maximum absolute atomic E-state index is 13.1. The molecule has 0 unspecified atom stereocenters. The van der Waals surface area contributed by atoms with Gasteiger partial charge in [0.05, 0.1) is 18.4 Å². The van der Waals surface area contributed by atoms with Gasteiger partial charge in [0.15, 0.2) is 5.13 Å². The van der Waals surface area contributed by atoms with Crippen LogP contribution < -0.4 is 5.73 Å². The smallest absolute Gasteiger partial charge is 0.337 e. The van der Waals surface area contributed by atoms with Crippen molar-refractivity contribution in [3.05, 3.63) is 82.4 Å². The molecule has 154 valence electrons. The number of anilines is 1. The fourth-order valence-corrected chi connectivity index (χ4v) is 4.79. The first kappa shape index (κ1) is 20.1. The first-order chi connectivity index (χ1) is 14.5. The second-order valence-electron chi connectivity index (χ2n) is 7.38. The Morgan fingerprint density at radius 3 is 2.40 bits per heavy atom. The molecule has 1 amide bonds. The van der Waals surface area contributed by atoms with Crippen LogP contribution in [0.5, 0.6) is 0 Å². The Morgan fingerprint density at radius 1 is 1.07 bits per heavy atom. The van der Waals surface area contributed by atoms with Crippen LogP contribution >= 0.6 is 11.3 Å².